The molecule has 0 saturated heterocycles. The van der Waals surface area contributed by atoms with Gasteiger partial charge in [-0.25, -0.2) is 0 Å². The van der Waals surface area contributed by atoms with Crippen molar-refractivity contribution in [2.24, 2.45) is 0 Å². The van der Waals surface area contributed by atoms with E-state index in [2.05, 4.69) is 0 Å². The molecule has 4 rings (SSSR count). The highest BCUT2D eigenvalue weighted by Crippen LogP contribution is 2.47. The topological polar surface area (TPSA) is 68.3 Å². The number of carbonyl (C=O) groups is 2. The van der Waals surface area contributed by atoms with Gasteiger partial charge in [0.2, 0.25) is 5.76 Å². The van der Waals surface area contributed by atoms with Gasteiger partial charge in [-0.3, -0.25) is 9.59 Å². The van der Waals surface area contributed by atoms with Crippen molar-refractivity contribution in [2.75, 3.05) is 39.2 Å². The number of likely N-dealkylation sites (N-methyl/N-ethyl adjacent to an activating group) is 1. The lowest BCUT2D eigenvalue weighted by atomic mass is 10.0. The molecule has 1 aliphatic carbocycles. The van der Waals surface area contributed by atoms with Crippen molar-refractivity contribution >= 4 is 40.9 Å². The van der Waals surface area contributed by atoms with Gasteiger partial charge in [0.25, 0.3) is 5.91 Å². The number of halogens is 1. The number of rotatable bonds is 8. The Balaban J connectivity index is 1.81. The van der Waals surface area contributed by atoms with Crippen LogP contribution in [0.15, 0.2) is 81.5 Å². The maximum atomic E-state index is 13.9. The highest BCUT2D eigenvalue weighted by Gasteiger charge is 2.34. The van der Waals surface area contributed by atoms with Crippen LogP contribution < -0.4 is 9.64 Å². The van der Waals surface area contributed by atoms with Crippen LogP contribution in [0.4, 0.5) is 5.69 Å². The molecule has 0 bridgehead atoms. The summed E-state index contributed by atoms with van der Waals surface area (Å²) < 4.78 is 17.0. The van der Waals surface area contributed by atoms with Crippen LogP contribution in [0.1, 0.15) is 19.8 Å². The van der Waals surface area contributed by atoms with Crippen LogP contribution in [-0.2, 0) is 19.1 Å². The van der Waals surface area contributed by atoms with Gasteiger partial charge in [-0.1, -0.05) is 29.4 Å². The minimum Gasteiger partial charge on any atom is -0.501 e. The average Bonchev–Trinajstić information content (AvgIpc) is 2.98. The van der Waals surface area contributed by atoms with E-state index in [1.165, 1.54) is 18.7 Å². The van der Waals surface area contributed by atoms with E-state index in [1.54, 1.807) is 36.3 Å². The van der Waals surface area contributed by atoms with Crippen molar-refractivity contribution in [2.45, 2.75) is 24.7 Å². The van der Waals surface area contributed by atoms with Gasteiger partial charge in [0.05, 0.1) is 23.5 Å². The molecule has 0 atom stereocenters. The van der Waals surface area contributed by atoms with E-state index in [4.69, 9.17) is 25.8 Å². The van der Waals surface area contributed by atoms with Crippen LogP contribution in [0.3, 0.4) is 0 Å². The number of hydrogen-bond donors (Lipinski definition) is 0. The quantitative estimate of drug-likeness (QED) is 0.371. The first-order chi connectivity index (χ1) is 17.7. The number of ether oxygens (including phenoxy) is 3. The highest BCUT2D eigenvalue weighted by molar-refractivity contribution is 8.03. The SMILES string of the molecule is COC1=CC=C(C2=C(OC(C)=O)C(=O)N(CCN(C)C)c3ccc(Oc4ccc(Cl)cc4)cc3S2)CC1. The Morgan fingerprint density at radius 2 is 1.81 bits per heavy atom. The van der Waals surface area contributed by atoms with Crippen molar-refractivity contribution in [1.82, 2.24) is 4.90 Å². The van der Waals surface area contributed by atoms with E-state index in [0.29, 0.717) is 47.4 Å². The van der Waals surface area contributed by atoms with Gasteiger partial charge in [-0.2, -0.15) is 0 Å². The largest absolute Gasteiger partial charge is 0.501 e. The fraction of sp³-hybridized carbons (Fsp3) is 0.286. The molecule has 194 valence electrons. The number of thioether (sulfide) groups is 1. The Labute approximate surface area is 226 Å². The molecular formula is C28H29ClN2O5S. The summed E-state index contributed by atoms with van der Waals surface area (Å²) in [6.07, 6.45) is 5.14. The maximum absolute atomic E-state index is 13.9. The molecule has 2 aliphatic rings. The Kier molecular flexibility index (Phi) is 8.63. The summed E-state index contributed by atoms with van der Waals surface area (Å²) in [6.45, 7) is 2.35. The third kappa shape index (κ3) is 6.57. The zero-order chi connectivity index (χ0) is 26.5. The predicted molar refractivity (Wildman–Crippen MR) is 146 cm³/mol. The predicted octanol–water partition coefficient (Wildman–Crippen LogP) is 6.16. The van der Waals surface area contributed by atoms with E-state index in [-0.39, 0.29) is 11.7 Å². The molecular weight excluding hydrogens is 512 g/mol. The zero-order valence-electron chi connectivity index (χ0n) is 21.2. The maximum Gasteiger partial charge on any atom is 0.308 e. The fourth-order valence-electron chi connectivity index (χ4n) is 3.93. The van der Waals surface area contributed by atoms with Crippen LogP contribution >= 0.6 is 23.4 Å². The van der Waals surface area contributed by atoms with Gasteiger partial charge >= 0.3 is 5.97 Å². The standard InChI is InChI=1S/C28H29ClN2O5S/c1-18(32)35-26-27(19-5-9-21(34-4)10-6-19)37-25-17-23(36-22-11-7-20(29)8-12-22)13-14-24(25)31(28(26)33)16-15-30(2)3/h5,7-9,11-14,17H,6,10,15-16H2,1-4H3. The molecule has 1 aliphatic heterocycles. The summed E-state index contributed by atoms with van der Waals surface area (Å²) >= 11 is 7.41. The van der Waals surface area contributed by atoms with E-state index in [9.17, 15) is 9.59 Å². The van der Waals surface area contributed by atoms with Crippen molar-refractivity contribution in [1.29, 1.82) is 0 Å². The Morgan fingerprint density at radius 3 is 2.43 bits per heavy atom. The molecule has 0 saturated carbocycles. The second-order valence-corrected chi connectivity index (χ2v) is 10.3. The Morgan fingerprint density at radius 1 is 1.08 bits per heavy atom. The average molecular weight is 541 g/mol. The number of esters is 1. The van der Waals surface area contributed by atoms with Gasteiger partial charge in [-0.15, -0.1) is 0 Å². The lowest BCUT2D eigenvalue weighted by Gasteiger charge is -2.25. The minimum atomic E-state index is -0.545. The first kappa shape index (κ1) is 26.9. The molecule has 0 unspecified atom stereocenters. The van der Waals surface area contributed by atoms with Crippen LogP contribution in [0.25, 0.3) is 0 Å². The highest BCUT2D eigenvalue weighted by atomic mass is 35.5. The molecule has 0 fully saturated rings. The Hall–Kier alpha value is -3.20. The first-order valence-corrected chi connectivity index (χ1v) is 13.0. The summed E-state index contributed by atoms with van der Waals surface area (Å²) in [5, 5.41) is 0.624. The number of allylic oxidation sites excluding steroid dienone is 4. The van der Waals surface area contributed by atoms with E-state index in [1.807, 2.05) is 49.3 Å². The molecule has 2 aromatic rings. The van der Waals surface area contributed by atoms with Crippen LogP contribution in [0.2, 0.25) is 5.02 Å². The molecule has 0 spiro atoms. The third-order valence-electron chi connectivity index (χ3n) is 5.81. The van der Waals surface area contributed by atoms with Gasteiger partial charge in [0.1, 0.15) is 11.5 Å². The molecule has 0 radical (unpaired) electrons. The summed E-state index contributed by atoms with van der Waals surface area (Å²) in [7, 11) is 5.53. The second kappa shape index (κ2) is 11.9. The number of hydrogen-bond acceptors (Lipinski definition) is 7. The molecule has 2 aromatic carbocycles. The van der Waals surface area contributed by atoms with Crippen LogP contribution in [0, 0.1) is 0 Å². The normalized spacial score (nSPS) is 15.6. The zero-order valence-corrected chi connectivity index (χ0v) is 22.8. The number of methoxy groups -OCH3 is 1. The molecule has 7 nitrogen and oxygen atoms in total. The van der Waals surface area contributed by atoms with Crippen molar-refractivity contribution in [3.05, 3.63) is 81.6 Å². The lowest BCUT2D eigenvalue weighted by molar-refractivity contribution is -0.140. The van der Waals surface area contributed by atoms with E-state index < -0.39 is 5.97 Å². The van der Waals surface area contributed by atoms with E-state index in [0.717, 1.165) is 21.9 Å². The van der Waals surface area contributed by atoms with Gasteiger partial charge in [0.15, 0.2) is 0 Å². The summed E-state index contributed by atoms with van der Waals surface area (Å²) in [5.74, 6) is 1.25. The number of anilines is 1. The molecule has 1 heterocycles. The van der Waals surface area contributed by atoms with Crippen LogP contribution in [0.5, 0.6) is 11.5 Å². The summed E-state index contributed by atoms with van der Waals surface area (Å²) in [6, 6.07) is 12.7. The number of fused-ring (bicyclic) bond motifs is 1. The molecule has 1 amide bonds. The number of amides is 1. The smallest absolute Gasteiger partial charge is 0.308 e. The first-order valence-electron chi connectivity index (χ1n) is 11.8. The van der Waals surface area contributed by atoms with Gasteiger partial charge < -0.3 is 24.0 Å². The van der Waals surface area contributed by atoms with Crippen molar-refractivity contribution in [3.8, 4) is 11.5 Å². The molecule has 9 heteroatoms. The minimum absolute atomic E-state index is 0.0353. The fourth-order valence-corrected chi connectivity index (χ4v) is 5.26. The molecule has 0 aromatic heterocycles. The molecule has 0 N–H and O–H groups in total. The second-order valence-electron chi connectivity index (χ2n) is 8.83. The third-order valence-corrected chi connectivity index (χ3v) is 7.26. The number of nitrogens with zero attached hydrogens (tertiary/aromatic N) is 2. The van der Waals surface area contributed by atoms with Crippen LogP contribution in [-0.4, -0.2) is 51.1 Å². The molecule has 37 heavy (non-hydrogen) atoms. The van der Waals surface area contributed by atoms with E-state index >= 15 is 0 Å². The van der Waals surface area contributed by atoms with Crippen molar-refractivity contribution < 1.29 is 23.8 Å². The monoisotopic (exact) mass is 540 g/mol. The number of carbonyl (C=O) groups excluding carboxylic acids is 2. The van der Waals surface area contributed by atoms with Crippen molar-refractivity contribution in [3.63, 3.8) is 0 Å². The summed E-state index contributed by atoms with van der Waals surface area (Å²) in [4.78, 5) is 31.1. The summed E-state index contributed by atoms with van der Waals surface area (Å²) in [5.41, 5.74) is 1.63. The lowest BCUT2D eigenvalue weighted by Crippen LogP contribution is -2.38. The number of benzene rings is 2. The Bertz CT molecular complexity index is 1280. The van der Waals surface area contributed by atoms with Gasteiger partial charge in [0, 0.05) is 36.4 Å². The van der Waals surface area contributed by atoms with Gasteiger partial charge in [-0.05, 0) is 74.6 Å².